The summed E-state index contributed by atoms with van der Waals surface area (Å²) in [4.78, 5) is 14.1. The van der Waals surface area contributed by atoms with E-state index in [2.05, 4.69) is 4.98 Å². The molecule has 0 spiro atoms. The Hall–Kier alpha value is -1.32. The van der Waals surface area contributed by atoms with E-state index in [0.717, 1.165) is 0 Å². The van der Waals surface area contributed by atoms with E-state index in [0.29, 0.717) is 0 Å². The Morgan fingerprint density at radius 1 is 1.80 bits per heavy atom. The lowest BCUT2D eigenvalue weighted by molar-refractivity contribution is -0.140. The average Bonchev–Trinajstić information content (AvgIpc) is 2.36. The van der Waals surface area contributed by atoms with Gasteiger partial charge >= 0.3 is 5.97 Å². The first-order valence-corrected chi connectivity index (χ1v) is 2.92. The van der Waals surface area contributed by atoms with Crippen molar-refractivity contribution in [3.63, 3.8) is 0 Å². The van der Waals surface area contributed by atoms with E-state index in [1.165, 1.54) is 10.9 Å². The number of carbonyl (C=O) groups is 1. The van der Waals surface area contributed by atoms with Gasteiger partial charge in [0.15, 0.2) is 0 Å². The maximum atomic E-state index is 10.3. The Morgan fingerprint density at radius 3 is 2.90 bits per heavy atom. The number of carboxylic acids is 1. The molecule has 0 unspecified atom stereocenters. The molecule has 1 atom stereocenters. The molecule has 0 saturated heterocycles. The number of hydrogen-bond acceptors (Lipinski definition) is 2. The standard InChI is InChI=1S/C6H8N2O2/c1-5(6(9)10)8-3-2-7-4-8/h2-5H,1H3,(H,9,10)/t5-/m1/s1. The van der Waals surface area contributed by atoms with Crippen molar-refractivity contribution in [3.8, 4) is 0 Å². The zero-order chi connectivity index (χ0) is 7.56. The van der Waals surface area contributed by atoms with Gasteiger partial charge in [-0.25, -0.2) is 9.78 Å². The van der Waals surface area contributed by atoms with Crippen LogP contribution in [0.4, 0.5) is 0 Å². The maximum Gasteiger partial charge on any atom is 0.326 e. The molecule has 1 aromatic heterocycles. The molecular formula is C6H8N2O2. The van der Waals surface area contributed by atoms with Crippen LogP contribution in [-0.4, -0.2) is 20.6 Å². The van der Waals surface area contributed by atoms with E-state index in [9.17, 15) is 4.79 Å². The van der Waals surface area contributed by atoms with Crippen LogP contribution in [0.25, 0.3) is 0 Å². The Kier molecular flexibility index (Phi) is 1.71. The lowest BCUT2D eigenvalue weighted by atomic mass is 10.3. The number of imidazole rings is 1. The van der Waals surface area contributed by atoms with E-state index in [1.807, 2.05) is 0 Å². The SMILES string of the molecule is C[C@H](C(=O)O)n1ccnc1. The molecule has 54 valence electrons. The molecule has 0 saturated carbocycles. The molecule has 0 aliphatic rings. The quantitative estimate of drug-likeness (QED) is 0.651. The lowest BCUT2D eigenvalue weighted by Crippen LogP contribution is -2.13. The summed E-state index contributed by atoms with van der Waals surface area (Å²) in [5.74, 6) is -0.849. The van der Waals surface area contributed by atoms with E-state index in [4.69, 9.17) is 5.11 Å². The summed E-state index contributed by atoms with van der Waals surface area (Å²) >= 11 is 0. The van der Waals surface area contributed by atoms with Gasteiger partial charge in [0.05, 0.1) is 6.33 Å². The van der Waals surface area contributed by atoms with Gasteiger partial charge in [0, 0.05) is 12.4 Å². The number of hydrogen-bond donors (Lipinski definition) is 1. The Balaban J connectivity index is 2.77. The monoisotopic (exact) mass is 140 g/mol. The fourth-order valence-corrected chi connectivity index (χ4v) is 0.626. The van der Waals surface area contributed by atoms with E-state index in [-0.39, 0.29) is 0 Å². The zero-order valence-corrected chi connectivity index (χ0v) is 5.56. The smallest absolute Gasteiger partial charge is 0.326 e. The van der Waals surface area contributed by atoms with Crippen LogP contribution in [0.2, 0.25) is 0 Å². The van der Waals surface area contributed by atoms with Gasteiger partial charge in [0.25, 0.3) is 0 Å². The molecule has 0 fully saturated rings. The molecule has 1 rings (SSSR count). The number of nitrogens with zero attached hydrogens (tertiary/aromatic N) is 2. The molecule has 0 aliphatic carbocycles. The first-order chi connectivity index (χ1) is 4.72. The van der Waals surface area contributed by atoms with Crippen molar-refractivity contribution in [1.29, 1.82) is 0 Å². The highest BCUT2D eigenvalue weighted by molar-refractivity contribution is 5.71. The van der Waals surface area contributed by atoms with Gasteiger partial charge in [-0.05, 0) is 6.92 Å². The van der Waals surface area contributed by atoms with Crippen LogP contribution in [0.3, 0.4) is 0 Å². The molecule has 1 aromatic rings. The third kappa shape index (κ3) is 1.15. The highest BCUT2D eigenvalue weighted by atomic mass is 16.4. The minimum atomic E-state index is -0.849. The molecule has 0 bridgehead atoms. The molecule has 1 heterocycles. The van der Waals surface area contributed by atoms with Crippen LogP contribution >= 0.6 is 0 Å². The van der Waals surface area contributed by atoms with Crippen molar-refractivity contribution in [3.05, 3.63) is 18.7 Å². The molecule has 0 radical (unpaired) electrons. The molecule has 4 nitrogen and oxygen atoms in total. The molecule has 4 heteroatoms. The number of rotatable bonds is 2. The summed E-state index contributed by atoms with van der Waals surface area (Å²) in [5, 5.41) is 8.51. The number of aromatic nitrogens is 2. The number of aliphatic carboxylic acids is 1. The summed E-state index contributed by atoms with van der Waals surface area (Å²) < 4.78 is 1.53. The molecule has 0 aromatic carbocycles. The van der Waals surface area contributed by atoms with Crippen LogP contribution in [0.15, 0.2) is 18.7 Å². The van der Waals surface area contributed by atoms with Crippen LogP contribution < -0.4 is 0 Å². The van der Waals surface area contributed by atoms with Gasteiger partial charge in [-0.15, -0.1) is 0 Å². The van der Waals surface area contributed by atoms with Gasteiger partial charge in [0.1, 0.15) is 6.04 Å². The third-order valence-corrected chi connectivity index (χ3v) is 1.33. The van der Waals surface area contributed by atoms with Gasteiger partial charge < -0.3 is 9.67 Å². The van der Waals surface area contributed by atoms with Crippen LogP contribution in [-0.2, 0) is 4.79 Å². The predicted molar refractivity (Wildman–Crippen MR) is 34.6 cm³/mol. The largest absolute Gasteiger partial charge is 0.480 e. The molecule has 1 N–H and O–H groups in total. The van der Waals surface area contributed by atoms with Crippen LogP contribution in [0.1, 0.15) is 13.0 Å². The van der Waals surface area contributed by atoms with Crippen molar-refractivity contribution < 1.29 is 9.90 Å². The van der Waals surface area contributed by atoms with Crippen molar-refractivity contribution in [2.75, 3.05) is 0 Å². The maximum absolute atomic E-state index is 10.3. The Bertz CT molecular complexity index is 218. The summed E-state index contributed by atoms with van der Waals surface area (Å²) in [6.07, 6.45) is 4.66. The van der Waals surface area contributed by atoms with Crippen LogP contribution in [0, 0.1) is 0 Å². The fourth-order valence-electron chi connectivity index (χ4n) is 0.626. The summed E-state index contributed by atoms with van der Waals surface area (Å²) in [6, 6.07) is -0.525. The molecule has 0 aliphatic heterocycles. The van der Waals surface area contributed by atoms with E-state index < -0.39 is 12.0 Å². The van der Waals surface area contributed by atoms with Gasteiger partial charge in [-0.1, -0.05) is 0 Å². The zero-order valence-electron chi connectivity index (χ0n) is 5.56. The highest BCUT2D eigenvalue weighted by Crippen LogP contribution is 2.02. The first-order valence-electron chi connectivity index (χ1n) is 2.92. The summed E-state index contributed by atoms with van der Waals surface area (Å²) in [5.41, 5.74) is 0. The third-order valence-electron chi connectivity index (χ3n) is 1.33. The molecular weight excluding hydrogens is 132 g/mol. The minimum absolute atomic E-state index is 0.525. The second kappa shape index (κ2) is 2.51. The molecule has 0 amide bonds. The van der Waals surface area contributed by atoms with Crippen molar-refractivity contribution in [2.24, 2.45) is 0 Å². The van der Waals surface area contributed by atoms with E-state index in [1.54, 1.807) is 19.3 Å². The molecule has 10 heavy (non-hydrogen) atoms. The Morgan fingerprint density at radius 2 is 2.50 bits per heavy atom. The van der Waals surface area contributed by atoms with Gasteiger partial charge in [0.2, 0.25) is 0 Å². The van der Waals surface area contributed by atoms with Crippen molar-refractivity contribution in [1.82, 2.24) is 9.55 Å². The number of carboxylic acid groups (broad SMARTS) is 1. The van der Waals surface area contributed by atoms with Gasteiger partial charge in [-0.3, -0.25) is 0 Å². The highest BCUT2D eigenvalue weighted by Gasteiger charge is 2.10. The Labute approximate surface area is 58.1 Å². The second-order valence-corrected chi connectivity index (χ2v) is 2.02. The van der Waals surface area contributed by atoms with Gasteiger partial charge in [-0.2, -0.15) is 0 Å². The summed E-state index contributed by atoms with van der Waals surface area (Å²) in [7, 11) is 0. The summed E-state index contributed by atoms with van der Waals surface area (Å²) in [6.45, 7) is 1.60. The van der Waals surface area contributed by atoms with E-state index >= 15 is 0 Å². The minimum Gasteiger partial charge on any atom is -0.480 e. The average molecular weight is 140 g/mol. The second-order valence-electron chi connectivity index (χ2n) is 2.02. The normalized spacial score (nSPS) is 12.9. The fraction of sp³-hybridized carbons (Fsp3) is 0.333. The van der Waals surface area contributed by atoms with Crippen molar-refractivity contribution in [2.45, 2.75) is 13.0 Å². The van der Waals surface area contributed by atoms with Crippen LogP contribution in [0.5, 0.6) is 0 Å². The van der Waals surface area contributed by atoms with Crippen molar-refractivity contribution >= 4 is 5.97 Å². The predicted octanol–water partition coefficient (Wildman–Crippen LogP) is 0.529. The lowest BCUT2D eigenvalue weighted by Gasteiger charge is -2.05. The first kappa shape index (κ1) is 6.80. The topological polar surface area (TPSA) is 55.1 Å².